The summed E-state index contributed by atoms with van der Waals surface area (Å²) in [5.74, 6) is -1.45. The quantitative estimate of drug-likeness (QED) is 0.381. The summed E-state index contributed by atoms with van der Waals surface area (Å²) in [5, 5.41) is 24.2. The van der Waals surface area contributed by atoms with E-state index in [4.69, 9.17) is 10.2 Å². The molecule has 0 saturated carbocycles. The third-order valence-corrected chi connectivity index (χ3v) is 1.86. The van der Waals surface area contributed by atoms with E-state index in [0.717, 1.165) is 0 Å². The highest BCUT2D eigenvalue weighted by atomic mass is 16.4. The minimum absolute atomic E-state index is 0.207. The minimum atomic E-state index is -1.66. The van der Waals surface area contributed by atoms with Gasteiger partial charge in [-0.25, -0.2) is 9.59 Å². The lowest BCUT2D eigenvalue weighted by molar-refractivity contribution is -0.146. The topological polar surface area (TPSA) is 128 Å². The molecular formula is C10H19N3O5. The standard InChI is InChI=1S/C10H19N3O5/c1-6(2)3-11-8(15)5-13-10(18)12-4-7(14)9(16)17/h6-7,14H,3-5H2,1-2H3,(H,11,15)(H,16,17)(H2,12,13,18)/t7-/m0/s1. The number of carbonyl (C=O) groups excluding carboxylic acids is 2. The van der Waals surface area contributed by atoms with Crippen LogP contribution in [0.1, 0.15) is 13.8 Å². The molecule has 8 nitrogen and oxygen atoms in total. The summed E-state index contributed by atoms with van der Waals surface area (Å²) < 4.78 is 0. The Morgan fingerprint density at radius 3 is 2.17 bits per heavy atom. The molecule has 0 saturated heterocycles. The van der Waals surface area contributed by atoms with Gasteiger partial charge in [-0.2, -0.15) is 0 Å². The van der Waals surface area contributed by atoms with Gasteiger partial charge in [-0.1, -0.05) is 13.8 Å². The lowest BCUT2D eigenvalue weighted by Gasteiger charge is -2.10. The first-order chi connectivity index (χ1) is 8.32. The molecule has 0 fully saturated rings. The Hall–Kier alpha value is -1.83. The van der Waals surface area contributed by atoms with Gasteiger partial charge in [0.05, 0.1) is 13.1 Å². The van der Waals surface area contributed by atoms with Crippen LogP contribution in [0.3, 0.4) is 0 Å². The molecule has 0 radical (unpaired) electrons. The number of carboxylic acid groups (broad SMARTS) is 1. The minimum Gasteiger partial charge on any atom is -0.479 e. The van der Waals surface area contributed by atoms with Gasteiger partial charge in [-0.3, -0.25) is 4.79 Å². The normalized spacial score (nSPS) is 11.8. The Labute approximate surface area is 105 Å². The average molecular weight is 261 g/mol. The van der Waals surface area contributed by atoms with Crippen molar-refractivity contribution < 1.29 is 24.6 Å². The highest BCUT2D eigenvalue weighted by Gasteiger charge is 2.14. The zero-order chi connectivity index (χ0) is 14.1. The first-order valence-electron chi connectivity index (χ1n) is 5.52. The van der Waals surface area contributed by atoms with E-state index in [0.29, 0.717) is 12.5 Å². The first-order valence-corrected chi connectivity index (χ1v) is 5.52. The van der Waals surface area contributed by atoms with Crippen LogP contribution in [0.5, 0.6) is 0 Å². The van der Waals surface area contributed by atoms with Crippen LogP contribution in [0.4, 0.5) is 4.79 Å². The third-order valence-electron chi connectivity index (χ3n) is 1.86. The van der Waals surface area contributed by atoms with Crippen molar-refractivity contribution in [3.8, 4) is 0 Å². The third kappa shape index (κ3) is 8.34. The number of hydrogen-bond acceptors (Lipinski definition) is 4. The number of rotatable bonds is 7. The second-order valence-corrected chi connectivity index (χ2v) is 4.12. The molecule has 18 heavy (non-hydrogen) atoms. The first kappa shape index (κ1) is 16.2. The maximum absolute atomic E-state index is 11.2. The van der Waals surface area contributed by atoms with E-state index >= 15 is 0 Å². The number of carboxylic acids is 1. The van der Waals surface area contributed by atoms with E-state index in [-0.39, 0.29) is 12.5 Å². The molecular weight excluding hydrogens is 242 g/mol. The predicted octanol–water partition coefficient (Wildman–Crippen LogP) is -1.50. The average Bonchev–Trinajstić information content (AvgIpc) is 2.30. The van der Waals surface area contributed by atoms with Gasteiger partial charge in [-0.05, 0) is 5.92 Å². The van der Waals surface area contributed by atoms with Crippen LogP contribution < -0.4 is 16.0 Å². The van der Waals surface area contributed by atoms with Crippen molar-refractivity contribution in [3.63, 3.8) is 0 Å². The highest BCUT2D eigenvalue weighted by Crippen LogP contribution is 1.86. The number of hydrogen-bond donors (Lipinski definition) is 5. The van der Waals surface area contributed by atoms with Gasteiger partial charge < -0.3 is 26.2 Å². The number of nitrogens with one attached hydrogen (secondary N) is 3. The van der Waals surface area contributed by atoms with Gasteiger partial charge in [0.1, 0.15) is 0 Å². The van der Waals surface area contributed by atoms with Gasteiger partial charge in [0, 0.05) is 6.54 Å². The maximum Gasteiger partial charge on any atom is 0.334 e. The van der Waals surface area contributed by atoms with Gasteiger partial charge >= 0.3 is 12.0 Å². The molecule has 0 aliphatic rings. The molecule has 0 aromatic carbocycles. The molecule has 104 valence electrons. The van der Waals surface area contributed by atoms with E-state index in [1.54, 1.807) is 0 Å². The Morgan fingerprint density at radius 1 is 1.06 bits per heavy atom. The Balaban J connectivity index is 3.70. The number of aliphatic hydroxyl groups excluding tert-OH is 1. The zero-order valence-corrected chi connectivity index (χ0v) is 10.4. The van der Waals surface area contributed by atoms with Crippen LogP contribution in [0.25, 0.3) is 0 Å². The lowest BCUT2D eigenvalue weighted by Crippen LogP contribution is -2.45. The number of urea groups is 1. The summed E-state index contributed by atoms with van der Waals surface area (Å²) in [6, 6.07) is -0.713. The molecule has 3 amide bonds. The molecule has 0 bridgehead atoms. The van der Waals surface area contributed by atoms with E-state index < -0.39 is 24.6 Å². The predicted molar refractivity (Wildman–Crippen MR) is 62.9 cm³/mol. The van der Waals surface area contributed by atoms with Crippen LogP contribution in [0.2, 0.25) is 0 Å². The molecule has 0 aromatic heterocycles. The van der Waals surface area contributed by atoms with Crippen molar-refractivity contribution in [2.24, 2.45) is 5.92 Å². The second-order valence-electron chi connectivity index (χ2n) is 4.12. The van der Waals surface area contributed by atoms with E-state index in [2.05, 4.69) is 16.0 Å². The molecule has 0 rings (SSSR count). The van der Waals surface area contributed by atoms with Crippen LogP contribution in [0, 0.1) is 5.92 Å². The molecule has 5 N–H and O–H groups in total. The SMILES string of the molecule is CC(C)CNC(=O)CNC(=O)NC[C@H](O)C(=O)O. The number of carbonyl (C=O) groups is 3. The molecule has 0 heterocycles. The molecule has 0 unspecified atom stereocenters. The van der Waals surface area contributed by atoms with Crippen LogP contribution >= 0.6 is 0 Å². The molecule has 0 aliphatic carbocycles. The fourth-order valence-corrected chi connectivity index (χ4v) is 0.880. The van der Waals surface area contributed by atoms with Gasteiger partial charge in [-0.15, -0.1) is 0 Å². The van der Waals surface area contributed by atoms with Crippen molar-refractivity contribution in [3.05, 3.63) is 0 Å². The summed E-state index contributed by atoms with van der Waals surface area (Å²) in [6.45, 7) is 3.76. The van der Waals surface area contributed by atoms with Crippen molar-refractivity contribution in [2.75, 3.05) is 19.6 Å². The monoisotopic (exact) mass is 261 g/mol. The second kappa shape index (κ2) is 8.29. The molecule has 0 aliphatic heterocycles. The Kier molecular flexibility index (Phi) is 7.45. The van der Waals surface area contributed by atoms with Crippen LogP contribution in [0.15, 0.2) is 0 Å². The van der Waals surface area contributed by atoms with Crippen molar-refractivity contribution in [2.45, 2.75) is 20.0 Å². The molecule has 0 aromatic rings. The zero-order valence-electron chi connectivity index (χ0n) is 10.4. The number of aliphatic carboxylic acids is 1. The summed E-state index contributed by atoms with van der Waals surface area (Å²) in [4.78, 5) is 32.5. The van der Waals surface area contributed by atoms with Gasteiger partial charge in [0.25, 0.3) is 0 Å². The molecule has 8 heteroatoms. The van der Waals surface area contributed by atoms with E-state index in [1.165, 1.54) is 0 Å². The van der Waals surface area contributed by atoms with Gasteiger partial charge in [0.2, 0.25) is 5.91 Å². The molecule has 0 spiro atoms. The van der Waals surface area contributed by atoms with Crippen molar-refractivity contribution in [1.29, 1.82) is 0 Å². The van der Waals surface area contributed by atoms with E-state index in [1.807, 2.05) is 13.8 Å². The van der Waals surface area contributed by atoms with Crippen molar-refractivity contribution >= 4 is 17.9 Å². The Bertz CT molecular complexity index is 306. The highest BCUT2D eigenvalue weighted by molar-refractivity contribution is 5.84. The Morgan fingerprint density at radius 2 is 1.67 bits per heavy atom. The lowest BCUT2D eigenvalue weighted by atomic mass is 10.2. The fraction of sp³-hybridized carbons (Fsp3) is 0.700. The van der Waals surface area contributed by atoms with Crippen molar-refractivity contribution in [1.82, 2.24) is 16.0 Å². The smallest absolute Gasteiger partial charge is 0.334 e. The van der Waals surface area contributed by atoms with Crippen LogP contribution in [-0.4, -0.2) is 53.9 Å². The maximum atomic E-state index is 11.2. The number of aliphatic hydroxyl groups is 1. The summed E-state index contributed by atoms with van der Waals surface area (Å²) in [6.07, 6.45) is -1.66. The largest absolute Gasteiger partial charge is 0.479 e. The number of amides is 3. The van der Waals surface area contributed by atoms with Crippen LogP contribution in [-0.2, 0) is 9.59 Å². The summed E-state index contributed by atoms with van der Waals surface area (Å²) in [7, 11) is 0. The summed E-state index contributed by atoms with van der Waals surface area (Å²) in [5.41, 5.74) is 0. The van der Waals surface area contributed by atoms with E-state index in [9.17, 15) is 14.4 Å². The fourth-order valence-electron chi connectivity index (χ4n) is 0.880. The summed E-state index contributed by atoms with van der Waals surface area (Å²) >= 11 is 0. The molecule has 1 atom stereocenters. The van der Waals surface area contributed by atoms with Gasteiger partial charge in [0.15, 0.2) is 6.10 Å².